The summed E-state index contributed by atoms with van der Waals surface area (Å²) >= 11 is 0. The number of hydrogen-bond donors (Lipinski definition) is 1. The minimum atomic E-state index is -0.0950. The molecule has 2 aliphatic rings. The van der Waals surface area contributed by atoms with Crippen LogP contribution in [0.4, 0.5) is 17.1 Å². The molecule has 1 amide bonds. The summed E-state index contributed by atoms with van der Waals surface area (Å²) in [5.74, 6) is 0.171. The number of benzene rings is 1. The largest absolute Gasteiger partial charge is 0.399 e. The molecule has 0 aromatic heterocycles. The standard InChI is InChI=1S/C15H21N3O/c1-10-15(19)17(2)13-8-7-11(16)9-14(13)18(10)12-5-3-4-6-12/h7-10,12H,3-6,16H2,1-2H3/t10-/m1/s1. The van der Waals surface area contributed by atoms with Gasteiger partial charge in [0, 0.05) is 18.8 Å². The Hall–Kier alpha value is -1.71. The van der Waals surface area contributed by atoms with Crippen molar-refractivity contribution >= 4 is 23.0 Å². The van der Waals surface area contributed by atoms with Gasteiger partial charge in [-0.25, -0.2) is 0 Å². The summed E-state index contributed by atoms with van der Waals surface area (Å²) < 4.78 is 0. The molecule has 0 radical (unpaired) electrons. The molecule has 102 valence electrons. The Bertz CT molecular complexity index is 508. The molecule has 19 heavy (non-hydrogen) atoms. The highest BCUT2D eigenvalue weighted by atomic mass is 16.2. The van der Waals surface area contributed by atoms with E-state index >= 15 is 0 Å². The van der Waals surface area contributed by atoms with Crippen molar-refractivity contribution in [3.8, 4) is 0 Å². The first-order valence-corrected chi connectivity index (χ1v) is 7.05. The van der Waals surface area contributed by atoms with Gasteiger partial charge < -0.3 is 15.5 Å². The Morgan fingerprint density at radius 2 is 1.89 bits per heavy atom. The number of rotatable bonds is 1. The predicted octanol–water partition coefficient (Wildman–Crippen LogP) is 2.38. The van der Waals surface area contributed by atoms with Crippen molar-refractivity contribution in [1.82, 2.24) is 0 Å². The van der Waals surface area contributed by atoms with Crippen LogP contribution in [0.5, 0.6) is 0 Å². The van der Waals surface area contributed by atoms with Crippen LogP contribution in [0.1, 0.15) is 32.6 Å². The number of nitrogen functional groups attached to an aromatic ring is 1. The number of anilines is 3. The van der Waals surface area contributed by atoms with Crippen molar-refractivity contribution < 1.29 is 4.79 Å². The highest BCUT2D eigenvalue weighted by Gasteiger charge is 2.38. The lowest BCUT2D eigenvalue weighted by atomic mass is 10.0. The highest BCUT2D eigenvalue weighted by Crippen LogP contribution is 2.40. The summed E-state index contributed by atoms with van der Waals surface area (Å²) in [5.41, 5.74) is 8.79. The van der Waals surface area contributed by atoms with Gasteiger partial charge in [-0.3, -0.25) is 4.79 Å². The third-order valence-corrected chi connectivity index (χ3v) is 4.46. The fraction of sp³-hybridized carbons (Fsp3) is 0.533. The van der Waals surface area contributed by atoms with Gasteiger partial charge in [-0.1, -0.05) is 12.8 Å². The maximum absolute atomic E-state index is 12.4. The van der Waals surface area contributed by atoms with Gasteiger partial charge in [0.2, 0.25) is 5.91 Å². The quantitative estimate of drug-likeness (QED) is 0.788. The van der Waals surface area contributed by atoms with Gasteiger partial charge in [0.15, 0.2) is 0 Å². The van der Waals surface area contributed by atoms with Crippen molar-refractivity contribution in [3.63, 3.8) is 0 Å². The van der Waals surface area contributed by atoms with E-state index < -0.39 is 0 Å². The zero-order valence-corrected chi connectivity index (χ0v) is 11.6. The molecular formula is C15H21N3O. The number of amides is 1. The molecular weight excluding hydrogens is 238 g/mol. The zero-order valence-electron chi connectivity index (χ0n) is 11.6. The van der Waals surface area contributed by atoms with Gasteiger partial charge in [-0.05, 0) is 38.0 Å². The van der Waals surface area contributed by atoms with Crippen molar-refractivity contribution in [1.29, 1.82) is 0 Å². The summed E-state index contributed by atoms with van der Waals surface area (Å²) in [5, 5.41) is 0. The summed E-state index contributed by atoms with van der Waals surface area (Å²) in [6, 6.07) is 6.21. The fourth-order valence-electron chi connectivity index (χ4n) is 3.45. The van der Waals surface area contributed by atoms with Crippen LogP contribution in [-0.4, -0.2) is 25.0 Å². The molecule has 0 bridgehead atoms. The molecule has 1 aliphatic carbocycles. The van der Waals surface area contributed by atoms with Crippen molar-refractivity contribution in [2.45, 2.75) is 44.7 Å². The van der Waals surface area contributed by atoms with Gasteiger partial charge in [0.1, 0.15) is 6.04 Å². The lowest BCUT2D eigenvalue weighted by molar-refractivity contribution is -0.119. The number of carbonyl (C=O) groups excluding carboxylic acids is 1. The molecule has 1 aromatic carbocycles. The van der Waals surface area contributed by atoms with E-state index in [9.17, 15) is 4.79 Å². The van der Waals surface area contributed by atoms with E-state index in [-0.39, 0.29) is 11.9 Å². The second-order valence-corrected chi connectivity index (χ2v) is 5.67. The number of carbonyl (C=O) groups is 1. The maximum Gasteiger partial charge on any atom is 0.249 e. The molecule has 1 aliphatic heterocycles. The van der Waals surface area contributed by atoms with E-state index in [2.05, 4.69) is 4.90 Å². The number of fused-ring (bicyclic) bond motifs is 1. The first-order chi connectivity index (χ1) is 9.09. The van der Waals surface area contributed by atoms with Crippen molar-refractivity contribution in [3.05, 3.63) is 18.2 Å². The highest BCUT2D eigenvalue weighted by molar-refractivity contribution is 6.05. The summed E-state index contributed by atoms with van der Waals surface area (Å²) in [4.78, 5) is 16.4. The molecule has 4 nitrogen and oxygen atoms in total. The van der Waals surface area contributed by atoms with E-state index in [4.69, 9.17) is 5.73 Å². The molecule has 0 unspecified atom stereocenters. The SMILES string of the molecule is C[C@@H]1C(=O)N(C)c2ccc(N)cc2N1C1CCCC1. The van der Waals surface area contributed by atoms with Gasteiger partial charge in [-0.15, -0.1) is 0 Å². The van der Waals surface area contributed by atoms with Gasteiger partial charge in [-0.2, -0.15) is 0 Å². The maximum atomic E-state index is 12.4. The third kappa shape index (κ3) is 1.86. The van der Waals surface area contributed by atoms with Crippen LogP contribution in [0.25, 0.3) is 0 Å². The summed E-state index contributed by atoms with van der Waals surface area (Å²) in [6.45, 7) is 2.00. The van der Waals surface area contributed by atoms with E-state index in [1.165, 1.54) is 25.7 Å². The summed E-state index contributed by atoms with van der Waals surface area (Å²) in [6.07, 6.45) is 4.87. The topological polar surface area (TPSA) is 49.6 Å². The molecule has 2 N–H and O–H groups in total. The molecule has 1 saturated carbocycles. The molecule has 1 aromatic rings. The molecule has 1 atom stereocenters. The number of nitrogens with zero attached hydrogens (tertiary/aromatic N) is 2. The molecule has 0 spiro atoms. The molecule has 4 heteroatoms. The number of likely N-dealkylation sites (N-methyl/N-ethyl adjacent to an activating group) is 1. The van der Waals surface area contributed by atoms with Gasteiger partial charge in [0.05, 0.1) is 11.4 Å². The van der Waals surface area contributed by atoms with Gasteiger partial charge in [0.25, 0.3) is 0 Å². The van der Waals surface area contributed by atoms with E-state index in [1.54, 1.807) is 4.90 Å². The van der Waals surface area contributed by atoms with Gasteiger partial charge >= 0.3 is 0 Å². The average Bonchev–Trinajstić information content (AvgIpc) is 2.90. The minimum Gasteiger partial charge on any atom is -0.399 e. The van der Waals surface area contributed by atoms with Crippen molar-refractivity contribution in [2.75, 3.05) is 22.6 Å². The van der Waals surface area contributed by atoms with Crippen molar-refractivity contribution in [2.24, 2.45) is 0 Å². The molecule has 1 fully saturated rings. The van der Waals surface area contributed by atoms with E-state index in [0.717, 1.165) is 17.1 Å². The molecule has 3 rings (SSSR count). The Labute approximate surface area is 114 Å². The lowest BCUT2D eigenvalue weighted by Gasteiger charge is -2.43. The number of nitrogens with two attached hydrogens (primary N) is 1. The van der Waals surface area contributed by atoms with E-state index in [1.807, 2.05) is 32.2 Å². The Kier molecular flexibility index (Phi) is 2.88. The first-order valence-electron chi connectivity index (χ1n) is 7.05. The Morgan fingerprint density at radius 1 is 1.21 bits per heavy atom. The van der Waals surface area contributed by atoms with Crippen LogP contribution in [0, 0.1) is 0 Å². The first kappa shape index (κ1) is 12.3. The zero-order chi connectivity index (χ0) is 13.6. The Balaban J connectivity index is 2.10. The van der Waals surface area contributed by atoms with Crippen LogP contribution in [0.3, 0.4) is 0 Å². The summed E-state index contributed by atoms with van der Waals surface area (Å²) in [7, 11) is 1.85. The van der Waals surface area contributed by atoms with Crippen LogP contribution in [-0.2, 0) is 4.79 Å². The molecule has 1 heterocycles. The second-order valence-electron chi connectivity index (χ2n) is 5.67. The van der Waals surface area contributed by atoms with Crippen LogP contribution in [0.2, 0.25) is 0 Å². The smallest absolute Gasteiger partial charge is 0.249 e. The third-order valence-electron chi connectivity index (χ3n) is 4.46. The second kappa shape index (κ2) is 4.44. The van der Waals surface area contributed by atoms with Crippen LogP contribution < -0.4 is 15.5 Å². The number of hydrogen-bond acceptors (Lipinski definition) is 3. The predicted molar refractivity (Wildman–Crippen MR) is 78.5 cm³/mol. The lowest BCUT2D eigenvalue weighted by Crippen LogP contribution is -2.54. The Morgan fingerprint density at radius 3 is 2.58 bits per heavy atom. The minimum absolute atomic E-state index is 0.0950. The van der Waals surface area contributed by atoms with Crippen LogP contribution >= 0.6 is 0 Å². The monoisotopic (exact) mass is 259 g/mol. The van der Waals surface area contributed by atoms with Crippen LogP contribution in [0.15, 0.2) is 18.2 Å². The average molecular weight is 259 g/mol. The molecule has 0 saturated heterocycles. The normalized spacial score (nSPS) is 23.9. The van der Waals surface area contributed by atoms with E-state index in [0.29, 0.717) is 6.04 Å². The fourth-order valence-corrected chi connectivity index (χ4v) is 3.45.